The van der Waals surface area contributed by atoms with Gasteiger partial charge in [0.25, 0.3) is 0 Å². The van der Waals surface area contributed by atoms with E-state index in [2.05, 4.69) is 9.97 Å². The Bertz CT molecular complexity index is 708. The van der Waals surface area contributed by atoms with Gasteiger partial charge in [0.15, 0.2) is 0 Å². The summed E-state index contributed by atoms with van der Waals surface area (Å²) >= 11 is 1.56. The van der Waals surface area contributed by atoms with Crippen molar-refractivity contribution in [3.8, 4) is 0 Å². The third kappa shape index (κ3) is 4.17. The molecular formula is C17H20N4O2S. The highest BCUT2D eigenvalue weighted by Gasteiger charge is 2.22. The van der Waals surface area contributed by atoms with Gasteiger partial charge in [-0.1, -0.05) is 6.07 Å². The van der Waals surface area contributed by atoms with E-state index in [1.807, 2.05) is 28.5 Å². The fraction of sp³-hybridized carbons (Fsp3) is 0.412. The number of rotatable bonds is 4. The number of thiazole rings is 1. The van der Waals surface area contributed by atoms with Gasteiger partial charge in [0.2, 0.25) is 11.8 Å². The number of carbonyl (C=O) groups excluding carboxylic acids is 2. The molecule has 126 valence electrons. The van der Waals surface area contributed by atoms with E-state index in [0.29, 0.717) is 39.0 Å². The van der Waals surface area contributed by atoms with Crippen LogP contribution in [0.2, 0.25) is 0 Å². The molecule has 0 atom stereocenters. The van der Waals surface area contributed by atoms with Crippen molar-refractivity contribution in [3.63, 3.8) is 0 Å². The topological polar surface area (TPSA) is 66.4 Å². The van der Waals surface area contributed by atoms with Gasteiger partial charge in [0.05, 0.1) is 17.1 Å². The zero-order valence-electron chi connectivity index (χ0n) is 13.6. The van der Waals surface area contributed by atoms with Crippen LogP contribution < -0.4 is 0 Å². The molecule has 1 saturated heterocycles. The Morgan fingerprint density at radius 1 is 1.12 bits per heavy atom. The van der Waals surface area contributed by atoms with E-state index in [4.69, 9.17) is 0 Å². The first-order valence-corrected chi connectivity index (χ1v) is 8.86. The SMILES string of the molecule is CC(=O)N1CCN(C(=O)Cc2csc(Cc3ccccn3)n2)CC1. The Hall–Kier alpha value is -2.28. The van der Waals surface area contributed by atoms with Crippen molar-refractivity contribution in [1.29, 1.82) is 0 Å². The van der Waals surface area contributed by atoms with Gasteiger partial charge in [-0.3, -0.25) is 14.6 Å². The van der Waals surface area contributed by atoms with Gasteiger partial charge in [-0.2, -0.15) is 0 Å². The third-order valence-corrected chi connectivity index (χ3v) is 4.97. The van der Waals surface area contributed by atoms with Gasteiger partial charge < -0.3 is 9.80 Å². The van der Waals surface area contributed by atoms with Crippen LogP contribution in [-0.4, -0.2) is 57.8 Å². The minimum Gasteiger partial charge on any atom is -0.339 e. The number of carbonyl (C=O) groups is 2. The first kappa shape index (κ1) is 16.6. The third-order valence-electron chi connectivity index (χ3n) is 4.07. The first-order chi connectivity index (χ1) is 11.6. The summed E-state index contributed by atoms with van der Waals surface area (Å²) in [7, 11) is 0. The Labute approximate surface area is 145 Å². The molecule has 0 saturated carbocycles. The second-order valence-corrected chi connectivity index (χ2v) is 6.74. The summed E-state index contributed by atoms with van der Waals surface area (Å²) in [6.45, 7) is 3.99. The monoisotopic (exact) mass is 344 g/mol. The van der Waals surface area contributed by atoms with Gasteiger partial charge >= 0.3 is 0 Å². The molecule has 0 bridgehead atoms. The number of pyridine rings is 1. The minimum atomic E-state index is 0.0702. The summed E-state index contributed by atoms with van der Waals surface area (Å²) in [5.74, 6) is 0.147. The molecule has 0 radical (unpaired) electrons. The molecule has 24 heavy (non-hydrogen) atoms. The van der Waals surface area contributed by atoms with Crippen LogP contribution >= 0.6 is 11.3 Å². The molecule has 0 N–H and O–H groups in total. The quantitative estimate of drug-likeness (QED) is 0.840. The van der Waals surface area contributed by atoms with E-state index in [1.165, 1.54) is 0 Å². The molecule has 2 aromatic heterocycles. The number of amides is 2. The van der Waals surface area contributed by atoms with E-state index in [1.54, 1.807) is 29.4 Å². The van der Waals surface area contributed by atoms with Gasteiger partial charge in [0, 0.05) is 56.8 Å². The molecule has 3 heterocycles. The fourth-order valence-corrected chi connectivity index (χ4v) is 3.52. The lowest BCUT2D eigenvalue weighted by Crippen LogP contribution is -2.50. The molecule has 0 unspecified atom stereocenters. The zero-order chi connectivity index (χ0) is 16.9. The lowest BCUT2D eigenvalue weighted by Gasteiger charge is -2.34. The maximum absolute atomic E-state index is 12.4. The number of piperazine rings is 1. The molecule has 0 aromatic carbocycles. The Morgan fingerprint density at radius 2 is 1.88 bits per heavy atom. The van der Waals surface area contributed by atoms with E-state index < -0.39 is 0 Å². The van der Waals surface area contributed by atoms with Gasteiger partial charge in [-0.05, 0) is 12.1 Å². The largest absolute Gasteiger partial charge is 0.339 e. The molecule has 1 fully saturated rings. The Kier molecular flexibility index (Phi) is 5.20. The summed E-state index contributed by atoms with van der Waals surface area (Å²) < 4.78 is 0. The predicted octanol–water partition coefficient (Wildman–Crippen LogP) is 1.36. The molecule has 0 spiro atoms. The van der Waals surface area contributed by atoms with E-state index in [9.17, 15) is 9.59 Å². The van der Waals surface area contributed by atoms with Crippen LogP contribution in [0.5, 0.6) is 0 Å². The van der Waals surface area contributed by atoms with Crippen molar-refractivity contribution in [2.75, 3.05) is 26.2 Å². The fourth-order valence-electron chi connectivity index (χ4n) is 2.71. The zero-order valence-corrected chi connectivity index (χ0v) is 14.5. The van der Waals surface area contributed by atoms with Crippen LogP contribution in [0.3, 0.4) is 0 Å². The van der Waals surface area contributed by atoms with Crippen LogP contribution in [-0.2, 0) is 22.4 Å². The summed E-state index contributed by atoms with van der Waals surface area (Å²) in [5.41, 5.74) is 1.79. The first-order valence-electron chi connectivity index (χ1n) is 7.98. The van der Waals surface area contributed by atoms with E-state index >= 15 is 0 Å². The number of aromatic nitrogens is 2. The van der Waals surface area contributed by atoms with Crippen molar-refractivity contribution < 1.29 is 9.59 Å². The van der Waals surface area contributed by atoms with Crippen LogP contribution in [0.15, 0.2) is 29.8 Å². The average Bonchev–Trinajstić information content (AvgIpc) is 3.02. The van der Waals surface area contributed by atoms with Crippen molar-refractivity contribution in [3.05, 3.63) is 46.2 Å². The van der Waals surface area contributed by atoms with E-state index in [0.717, 1.165) is 16.4 Å². The predicted molar refractivity (Wildman–Crippen MR) is 91.7 cm³/mol. The summed E-state index contributed by atoms with van der Waals surface area (Å²) in [6, 6.07) is 5.82. The van der Waals surface area contributed by atoms with E-state index in [-0.39, 0.29) is 11.8 Å². The summed E-state index contributed by atoms with van der Waals surface area (Å²) in [6.07, 6.45) is 2.78. The molecule has 6 nitrogen and oxygen atoms in total. The Morgan fingerprint density at radius 3 is 2.54 bits per heavy atom. The second-order valence-electron chi connectivity index (χ2n) is 5.79. The van der Waals surface area contributed by atoms with Gasteiger partial charge in [0.1, 0.15) is 0 Å². The highest BCUT2D eigenvalue weighted by atomic mass is 32.1. The molecule has 7 heteroatoms. The van der Waals surface area contributed by atoms with Crippen molar-refractivity contribution in [2.24, 2.45) is 0 Å². The number of hydrogen-bond donors (Lipinski definition) is 0. The summed E-state index contributed by atoms with van der Waals surface area (Å²) in [4.78, 5) is 36.2. The van der Waals surface area contributed by atoms with Gasteiger partial charge in [-0.25, -0.2) is 4.98 Å². The highest BCUT2D eigenvalue weighted by Crippen LogP contribution is 2.15. The normalized spacial score (nSPS) is 14.7. The number of hydrogen-bond acceptors (Lipinski definition) is 5. The molecule has 1 aliphatic rings. The smallest absolute Gasteiger partial charge is 0.228 e. The van der Waals surface area contributed by atoms with Crippen molar-refractivity contribution in [2.45, 2.75) is 19.8 Å². The average molecular weight is 344 g/mol. The molecular weight excluding hydrogens is 324 g/mol. The molecule has 2 aromatic rings. The molecule has 0 aliphatic carbocycles. The van der Waals surface area contributed by atoms with Crippen LogP contribution in [0, 0.1) is 0 Å². The lowest BCUT2D eigenvalue weighted by molar-refractivity contribution is -0.138. The highest BCUT2D eigenvalue weighted by molar-refractivity contribution is 7.09. The van der Waals surface area contributed by atoms with Gasteiger partial charge in [-0.15, -0.1) is 11.3 Å². The summed E-state index contributed by atoms with van der Waals surface area (Å²) in [5, 5.41) is 2.92. The molecule has 3 rings (SSSR count). The van der Waals surface area contributed by atoms with Crippen LogP contribution in [0.1, 0.15) is 23.3 Å². The van der Waals surface area contributed by atoms with Crippen LogP contribution in [0.25, 0.3) is 0 Å². The number of nitrogens with zero attached hydrogens (tertiary/aromatic N) is 4. The Balaban J connectivity index is 1.53. The maximum Gasteiger partial charge on any atom is 0.228 e. The standard InChI is InChI=1S/C17H20N4O2S/c1-13(22)20-6-8-21(9-7-20)17(23)11-15-12-24-16(19-15)10-14-4-2-3-5-18-14/h2-5,12H,6-11H2,1H3. The minimum absolute atomic E-state index is 0.0702. The molecule has 1 aliphatic heterocycles. The maximum atomic E-state index is 12.4. The van der Waals surface area contributed by atoms with Crippen molar-refractivity contribution >= 4 is 23.2 Å². The van der Waals surface area contributed by atoms with Crippen LogP contribution in [0.4, 0.5) is 0 Å². The lowest BCUT2D eigenvalue weighted by atomic mass is 10.2. The molecule has 2 amide bonds. The second kappa shape index (κ2) is 7.53. The van der Waals surface area contributed by atoms with Crippen molar-refractivity contribution in [1.82, 2.24) is 19.8 Å².